The summed E-state index contributed by atoms with van der Waals surface area (Å²) in [7, 11) is 1.52. The minimum absolute atomic E-state index is 0.0451. The van der Waals surface area contributed by atoms with Crippen LogP contribution in [-0.2, 0) is 18.4 Å². The smallest absolute Gasteiger partial charge is 0.387 e. The number of nitrogens with one attached hydrogen (secondary N) is 1. The van der Waals surface area contributed by atoms with Gasteiger partial charge < -0.3 is 19.8 Å². The van der Waals surface area contributed by atoms with E-state index in [9.17, 15) is 19.4 Å². The highest BCUT2D eigenvalue weighted by Crippen LogP contribution is 2.43. The lowest BCUT2D eigenvalue weighted by atomic mass is 10.1. The summed E-state index contributed by atoms with van der Waals surface area (Å²) in [6.45, 7) is 4.50. The van der Waals surface area contributed by atoms with Gasteiger partial charge in [-0.2, -0.15) is 0 Å². The van der Waals surface area contributed by atoms with Gasteiger partial charge in [0.25, 0.3) is 0 Å². The molecule has 0 aromatic rings. The van der Waals surface area contributed by atoms with Crippen molar-refractivity contribution in [2.24, 2.45) is 0 Å². The van der Waals surface area contributed by atoms with Crippen LogP contribution in [0.4, 0.5) is 0 Å². The van der Waals surface area contributed by atoms with Crippen molar-refractivity contribution in [2.45, 2.75) is 161 Å². The van der Waals surface area contributed by atoms with E-state index in [1.807, 2.05) is 27.2 Å². The number of hydrogen-bond donors (Lipinski definition) is 3. The predicted octanol–water partition coefficient (Wildman–Crippen LogP) is 12.9. The molecule has 0 fully saturated rings. The maximum Gasteiger partial charge on any atom is 0.472 e. The van der Waals surface area contributed by atoms with E-state index >= 15 is 0 Å². The Morgan fingerprint density at radius 3 is 1.49 bits per heavy atom. The first kappa shape index (κ1) is 56.2. The van der Waals surface area contributed by atoms with Crippen LogP contribution in [-0.4, -0.2) is 73.4 Å². The minimum atomic E-state index is -4.35. The van der Waals surface area contributed by atoms with Crippen LogP contribution in [0.15, 0.2) is 109 Å². The normalized spacial score (nSPS) is 15.3. The van der Waals surface area contributed by atoms with Gasteiger partial charge in [0.15, 0.2) is 0 Å². The lowest BCUT2D eigenvalue weighted by Crippen LogP contribution is -2.45. The van der Waals surface area contributed by atoms with Crippen molar-refractivity contribution >= 4 is 13.7 Å². The topological polar surface area (TPSA) is 105 Å². The molecule has 0 saturated carbocycles. The molecule has 0 aliphatic carbocycles. The van der Waals surface area contributed by atoms with Crippen molar-refractivity contribution in [3.05, 3.63) is 109 Å². The highest BCUT2D eigenvalue weighted by atomic mass is 31.2. The summed E-state index contributed by atoms with van der Waals surface area (Å²) in [6, 6.07) is -0.880. The van der Waals surface area contributed by atoms with Gasteiger partial charge in [-0.1, -0.05) is 162 Å². The van der Waals surface area contributed by atoms with Crippen molar-refractivity contribution in [3.63, 3.8) is 0 Å². The molecule has 8 nitrogen and oxygen atoms in total. The fraction of sp³-hybridized carbons (Fsp3) is 0.620. The number of phosphoric acid groups is 1. The predicted molar refractivity (Wildman–Crippen MR) is 253 cm³/mol. The molecule has 0 spiro atoms. The maximum atomic E-state index is 12.9. The number of carbonyl (C=O) groups excluding carboxylic acids is 1. The zero-order valence-corrected chi connectivity index (χ0v) is 38.8. The Morgan fingerprint density at radius 1 is 0.576 bits per heavy atom. The maximum absolute atomic E-state index is 12.9. The summed E-state index contributed by atoms with van der Waals surface area (Å²) in [5.74, 6) is -0.209. The standard InChI is InChI=1S/C50H85N2O6P/c1-6-8-10-12-14-16-18-19-20-21-22-23-24-25-26-27-28-29-30-31-32-33-34-36-38-40-42-44-50(54)51-48(47-58-59(55,56)57-46-45-52(3,4)5)49(53)43-41-39-37-35-17-15-13-11-9-7-2/h8-11,14,16-17,19-20,22-23,25-26,28-29,35,41,43,48-49,53H,6-7,12-13,15,18,21,24,27,30-34,36-40,42,44-47H2,1-5H3,(H-,51,54,55,56)/p+1/b10-8-,11-9+,16-14-,20-19-,23-22-,26-25-,29-28-,35-17+,43-41+. The average molecular weight is 842 g/mol. The summed E-state index contributed by atoms with van der Waals surface area (Å²) in [4.78, 5) is 23.1. The number of hydrogen-bond acceptors (Lipinski definition) is 5. The third kappa shape index (κ3) is 43.1. The zero-order valence-electron chi connectivity index (χ0n) is 37.9. The van der Waals surface area contributed by atoms with Crippen LogP contribution in [0, 0.1) is 0 Å². The van der Waals surface area contributed by atoms with E-state index in [2.05, 4.69) is 116 Å². The number of aliphatic hydroxyl groups is 1. The van der Waals surface area contributed by atoms with E-state index < -0.39 is 20.0 Å². The first-order chi connectivity index (χ1) is 28.5. The second-order valence-electron chi connectivity index (χ2n) is 16.0. The second kappa shape index (κ2) is 40.6. The number of allylic oxidation sites excluding steroid dienone is 17. The SMILES string of the molecule is CC/C=C\C/C=C\C/C=C\C/C=C\C/C=C\C/C=C\CCCCCCCCCCC(=O)NC(COP(=O)(O)OCC[N+](C)(C)C)C(O)/C=C/CC/C=C/CC/C=C/CC. The van der Waals surface area contributed by atoms with Crippen molar-refractivity contribution in [1.29, 1.82) is 0 Å². The van der Waals surface area contributed by atoms with Gasteiger partial charge >= 0.3 is 7.82 Å². The average Bonchev–Trinajstić information content (AvgIpc) is 3.19. The Morgan fingerprint density at radius 2 is 0.983 bits per heavy atom. The lowest BCUT2D eigenvalue weighted by molar-refractivity contribution is -0.870. The Balaban J connectivity index is 4.29. The van der Waals surface area contributed by atoms with Crippen molar-refractivity contribution in [1.82, 2.24) is 5.32 Å². The fourth-order valence-electron chi connectivity index (χ4n) is 5.67. The van der Waals surface area contributed by atoms with Gasteiger partial charge in [0.1, 0.15) is 13.2 Å². The molecule has 0 saturated heterocycles. The minimum Gasteiger partial charge on any atom is -0.387 e. The largest absolute Gasteiger partial charge is 0.472 e. The van der Waals surface area contributed by atoms with Crippen molar-refractivity contribution in [3.8, 4) is 0 Å². The van der Waals surface area contributed by atoms with Gasteiger partial charge in [0.05, 0.1) is 39.9 Å². The second-order valence-corrected chi connectivity index (χ2v) is 17.4. The van der Waals surface area contributed by atoms with Gasteiger partial charge in [0, 0.05) is 6.42 Å². The van der Waals surface area contributed by atoms with Crippen molar-refractivity contribution < 1.29 is 32.9 Å². The molecule has 0 radical (unpaired) electrons. The third-order valence-corrected chi connectivity index (χ3v) is 10.2. The summed E-state index contributed by atoms with van der Waals surface area (Å²) in [5.41, 5.74) is 0. The number of aliphatic hydroxyl groups excluding tert-OH is 1. The summed E-state index contributed by atoms with van der Waals surface area (Å²) in [5, 5.41) is 13.7. The number of likely N-dealkylation sites (N-methyl/N-ethyl adjacent to an activating group) is 1. The fourth-order valence-corrected chi connectivity index (χ4v) is 6.41. The van der Waals surface area contributed by atoms with Crippen LogP contribution in [0.1, 0.15) is 149 Å². The van der Waals surface area contributed by atoms with Gasteiger partial charge in [-0.05, 0) is 89.9 Å². The molecule has 3 unspecified atom stereocenters. The first-order valence-electron chi connectivity index (χ1n) is 22.8. The Bertz CT molecular complexity index is 1320. The number of amides is 1. The van der Waals surface area contributed by atoms with Gasteiger partial charge in [0.2, 0.25) is 5.91 Å². The Labute approximate surface area is 361 Å². The first-order valence-corrected chi connectivity index (χ1v) is 24.3. The van der Waals surface area contributed by atoms with Crippen LogP contribution < -0.4 is 5.32 Å². The molecule has 0 aromatic carbocycles. The summed E-state index contributed by atoms with van der Waals surface area (Å²) in [6.07, 6.45) is 58.9. The van der Waals surface area contributed by atoms with Gasteiger partial charge in [-0.3, -0.25) is 13.8 Å². The van der Waals surface area contributed by atoms with Crippen LogP contribution in [0.5, 0.6) is 0 Å². The molecule has 0 aliphatic rings. The van der Waals surface area contributed by atoms with Gasteiger partial charge in [-0.25, -0.2) is 4.57 Å². The highest BCUT2D eigenvalue weighted by Gasteiger charge is 2.27. The van der Waals surface area contributed by atoms with E-state index in [-0.39, 0.29) is 19.1 Å². The lowest BCUT2D eigenvalue weighted by Gasteiger charge is -2.25. The number of carbonyl (C=O) groups is 1. The van der Waals surface area contributed by atoms with Gasteiger partial charge in [-0.15, -0.1) is 0 Å². The van der Waals surface area contributed by atoms with Crippen LogP contribution >= 0.6 is 7.82 Å². The van der Waals surface area contributed by atoms with E-state index in [0.29, 0.717) is 17.4 Å². The number of unbranched alkanes of at least 4 members (excludes halogenated alkanes) is 10. The van der Waals surface area contributed by atoms with Crippen LogP contribution in [0.25, 0.3) is 0 Å². The number of rotatable bonds is 39. The Hall–Kier alpha value is -2.84. The zero-order chi connectivity index (χ0) is 43.6. The highest BCUT2D eigenvalue weighted by molar-refractivity contribution is 7.47. The quantitative estimate of drug-likeness (QED) is 0.0246. The molecule has 0 aromatic heterocycles. The Kier molecular flexibility index (Phi) is 38.6. The molecule has 0 heterocycles. The van der Waals surface area contributed by atoms with Crippen LogP contribution in [0.2, 0.25) is 0 Å². The molecule has 1 amide bonds. The molecule has 336 valence electrons. The van der Waals surface area contributed by atoms with Crippen molar-refractivity contribution in [2.75, 3.05) is 40.9 Å². The molecule has 0 bridgehead atoms. The number of phosphoric ester groups is 1. The molecule has 59 heavy (non-hydrogen) atoms. The van der Waals surface area contributed by atoms with E-state index in [4.69, 9.17) is 9.05 Å². The van der Waals surface area contributed by atoms with E-state index in [0.717, 1.165) is 103 Å². The monoisotopic (exact) mass is 842 g/mol. The molecular weight excluding hydrogens is 756 g/mol. The number of quaternary nitrogens is 1. The molecule has 0 rings (SSSR count). The molecule has 3 N–H and O–H groups in total. The number of nitrogens with zero attached hydrogens (tertiary/aromatic N) is 1. The molecular formula is C50H86N2O6P+. The molecule has 0 aliphatic heterocycles. The van der Waals surface area contributed by atoms with Crippen LogP contribution in [0.3, 0.4) is 0 Å². The summed E-state index contributed by atoms with van der Waals surface area (Å²) < 4.78 is 23.5. The molecule has 3 atom stereocenters. The summed E-state index contributed by atoms with van der Waals surface area (Å²) >= 11 is 0. The molecule has 9 heteroatoms. The van der Waals surface area contributed by atoms with E-state index in [1.165, 1.54) is 25.7 Å². The third-order valence-electron chi connectivity index (χ3n) is 9.22. The van der Waals surface area contributed by atoms with E-state index in [1.54, 1.807) is 6.08 Å².